The van der Waals surface area contributed by atoms with Gasteiger partial charge in [0.2, 0.25) is 0 Å². The van der Waals surface area contributed by atoms with Crippen molar-refractivity contribution >= 4 is 36.9 Å². The average Bonchev–Trinajstić information content (AvgIpc) is 0.717. The molecule has 0 radical (unpaired) electrons. The Kier molecular flexibility index (Phi) is 20.2. The zero-order valence-electron chi connectivity index (χ0n) is 54.2. The molecule has 18 heteroatoms. The molecule has 7 rings (SSSR count). The van der Waals surface area contributed by atoms with E-state index in [1.54, 1.807) is 270 Å². The van der Waals surface area contributed by atoms with Crippen LogP contribution in [0.15, 0.2) is 146 Å². The summed E-state index contributed by atoms with van der Waals surface area (Å²) in [7, 11) is 0. The van der Waals surface area contributed by atoms with E-state index in [1.807, 2.05) is 0 Å². The molecule has 0 bridgehead atoms. The molecule has 0 amide bonds. The summed E-state index contributed by atoms with van der Waals surface area (Å²) in [6, 6.07) is 41.0. The van der Waals surface area contributed by atoms with Gasteiger partial charge in [0.1, 0.15) is 68.1 Å². The summed E-state index contributed by atoms with van der Waals surface area (Å²) in [5, 5.41) is 0. The van der Waals surface area contributed by atoms with E-state index in [4.69, 9.17) is 56.8 Å². The maximum Gasteiger partial charge on any atom is 0.514 e. The maximum atomic E-state index is 13.2. The summed E-state index contributed by atoms with van der Waals surface area (Å²) in [5.41, 5.74) is 1.72. The first kappa shape index (κ1) is 67.7. The van der Waals surface area contributed by atoms with Gasteiger partial charge in [-0.3, -0.25) is 0 Å². The van der Waals surface area contributed by atoms with Crippen LogP contribution in [0, 0.1) is 0 Å². The number of ether oxygens (including phenoxy) is 12. The van der Waals surface area contributed by atoms with Gasteiger partial charge in [-0.25, -0.2) is 28.8 Å². The predicted octanol–water partition coefficient (Wildman–Crippen LogP) is 19.6. The topological polar surface area (TPSA) is 213 Å². The Morgan fingerprint density at radius 2 is 0.289 bits per heavy atom. The lowest BCUT2D eigenvalue weighted by atomic mass is 9.74. The lowest BCUT2D eigenvalue weighted by Gasteiger charge is -2.29. The van der Waals surface area contributed by atoms with Crippen LogP contribution < -0.4 is 28.4 Å². The summed E-state index contributed by atoms with van der Waals surface area (Å²) in [6.45, 7) is 31.0. The predicted molar refractivity (Wildman–Crippen MR) is 340 cm³/mol. The fraction of sp³-hybridized carbons (Fsp3) is 0.333. The number of carbonyl (C=O) groups is 6. The third-order valence-electron chi connectivity index (χ3n) is 11.9. The molecule has 0 atom stereocenters. The van der Waals surface area contributed by atoms with E-state index < -0.39 is 70.5 Å². The van der Waals surface area contributed by atoms with Gasteiger partial charge in [0.25, 0.3) is 0 Å². The summed E-state index contributed by atoms with van der Waals surface area (Å²) < 4.78 is 67.4. The largest absolute Gasteiger partial charge is 0.514 e. The molecular formula is C72H78O18. The highest BCUT2D eigenvalue weighted by Gasteiger charge is 2.32. The molecule has 7 aromatic carbocycles. The molecule has 0 heterocycles. The summed E-state index contributed by atoms with van der Waals surface area (Å²) in [4.78, 5) is 78.9. The summed E-state index contributed by atoms with van der Waals surface area (Å²) >= 11 is 0. The van der Waals surface area contributed by atoms with Crippen molar-refractivity contribution in [2.75, 3.05) is 0 Å². The van der Waals surface area contributed by atoms with Crippen LogP contribution in [0.3, 0.4) is 0 Å². The van der Waals surface area contributed by atoms with Gasteiger partial charge in [-0.2, -0.15) is 0 Å². The van der Waals surface area contributed by atoms with E-state index in [1.165, 1.54) is 0 Å². The van der Waals surface area contributed by atoms with Crippen LogP contribution in [0.1, 0.15) is 125 Å². The Bertz CT molecular complexity index is 3050. The monoisotopic (exact) mass is 1230 g/mol. The molecule has 0 aromatic heterocycles. The minimum atomic E-state index is -0.923. The van der Waals surface area contributed by atoms with Crippen molar-refractivity contribution in [3.8, 4) is 101 Å². The molecule has 0 saturated carbocycles. The normalized spacial score (nSPS) is 11.9. The van der Waals surface area contributed by atoms with Crippen LogP contribution in [0.2, 0.25) is 0 Å². The Morgan fingerprint density at radius 1 is 0.189 bits per heavy atom. The second-order valence-corrected chi connectivity index (χ2v) is 26.8. The lowest BCUT2D eigenvalue weighted by Crippen LogP contribution is -2.26. The number of rotatable bonds is 12. The molecule has 0 aliphatic heterocycles. The Hall–Kier alpha value is -9.84. The van der Waals surface area contributed by atoms with Gasteiger partial charge in [-0.05, 0) is 264 Å². The van der Waals surface area contributed by atoms with Gasteiger partial charge in [0.15, 0.2) is 0 Å². The Balaban J connectivity index is 1.67. The van der Waals surface area contributed by atoms with Crippen LogP contribution in [-0.2, 0) is 28.4 Å². The van der Waals surface area contributed by atoms with Gasteiger partial charge in [-0.15, -0.1) is 0 Å². The molecule has 0 saturated heterocycles. The maximum absolute atomic E-state index is 13.2. The van der Waals surface area contributed by atoms with Crippen molar-refractivity contribution in [3.05, 3.63) is 146 Å². The SMILES string of the molecule is CC(C)(C)OC(=O)Oc1ccc(-c2c(-c3ccc(OC(=O)OC(C)(C)C)cc3)c(-c3ccc(OC(=O)OC(C)(C)C)cc3)c(-c3ccc(OC(=O)OC(C)(C)C)cc3)c(-c3ccc(OC(=O)OC(C)(C)C)cc3)c2-c2ccc(OC(=O)OC(C)(C)C)cc2)cc1. The second-order valence-electron chi connectivity index (χ2n) is 26.8. The molecule has 0 unspecified atom stereocenters. The van der Waals surface area contributed by atoms with Crippen molar-refractivity contribution in [2.45, 2.75) is 158 Å². The highest BCUT2D eigenvalue weighted by molar-refractivity contribution is 6.15. The van der Waals surface area contributed by atoms with E-state index in [9.17, 15) is 28.8 Å². The minimum Gasteiger partial charge on any atom is -0.428 e. The quantitative estimate of drug-likeness (QED) is 0.0632. The highest BCUT2D eigenvalue weighted by atomic mass is 16.8. The molecule has 18 nitrogen and oxygen atoms in total. The van der Waals surface area contributed by atoms with E-state index >= 15 is 0 Å². The standard InChI is InChI=1S/C72H78O18/c1-67(2,3)85-61(73)79-49-31-19-43(20-32-49)55-56(44-21-33-50(34-22-44)80-62(74)86-68(4,5)6)58(46-25-37-52(38-26-46)82-64(76)88-70(10,11)12)60(48-29-41-54(42-30-48)84-66(78)90-72(16,17)18)59(47-27-39-53(40-28-47)83-65(77)89-71(13,14)15)57(55)45-23-35-51(36-24-45)81-63(75)87-69(7,8)9/h19-42H,1-18H3. The summed E-state index contributed by atoms with van der Waals surface area (Å²) in [5.74, 6) is 0.974. The van der Waals surface area contributed by atoms with Crippen molar-refractivity contribution in [1.29, 1.82) is 0 Å². The lowest BCUT2D eigenvalue weighted by molar-refractivity contribution is 0.0193. The first-order valence-electron chi connectivity index (χ1n) is 29.1. The molecular weight excluding hydrogens is 1150 g/mol. The molecule has 90 heavy (non-hydrogen) atoms. The zero-order chi connectivity index (χ0) is 66.3. The van der Waals surface area contributed by atoms with Gasteiger partial charge < -0.3 is 56.8 Å². The zero-order valence-corrected chi connectivity index (χ0v) is 54.2. The fourth-order valence-corrected chi connectivity index (χ4v) is 8.82. The average molecular weight is 1230 g/mol. The van der Waals surface area contributed by atoms with E-state index in [0.717, 1.165) is 0 Å². The first-order chi connectivity index (χ1) is 41.7. The number of carbonyl (C=O) groups excluding carboxylic acids is 6. The highest BCUT2D eigenvalue weighted by Crippen LogP contribution is 2.56. The number of hydrogen-bond acceptors (Lipinski definition) is 18. The van der Waals surface area contributed by atoms with Crippen LogP contribution >= 0.6 is 0 Å². The third-order valence-corrected chi connectivity index (χ3v) is 11.9. The van der Waals surface area contributed by atoms with Gasteiger partial charge in [0, 0.05) is 0 Å². The molecule has 0 spiro atoms. The first-order valence-corrected chi connectivity index (χ1v) is 29.1. The van der Waals surface area contributed by atoms with Crippen LogP contribution in [0.4, 0.5) is 28.8 Å². The molecule has 0 aliphatic rings. The van der Waals surface area contributed by atoms with Crippen LogP contribution in [0.5, 0.6) is 34.5 Å². The molecule has 0 N–H and O–H groups in total. The smallest absolute Gasteiger partial charge is 0.428 e. The fourth-order valence-electron chi connectivity index (χ4n) is 8.82. The van der Waals surface area contributed by atoms with Gasteiger partial charge in [-0.1, -0.05) is 72.8 Å². The van der Waals surface area contributed by atoms with Crippen LogP contribution in [0.25, 0.3) is 66.8 Å². The van der Waals surface area contributed by atoms with E-state index in [2.05, 4.69) is 0 Å². The molecule has 0 fully saturated rings. The number of hydrogen-bond donors (Lipinski definition) is 0. The Labute approximate surface area is 525 Å². The Morgan fingerprint density at radius 3 is 0.378 bits per heavy atom. The van der Waals surface area contributed by atoms with Crippen LogP contribution in [-0.4, -0.2) is 70.5 Å². The second kappa shape index (κ2) is 26.9. The van der Waals surface area contributed by atoms with Crippen molar-refractivity contribution in [1.82, 2.24) is 0 Å². The number of benzene rings is 7. The van der Waals surface area contributed by atoms with Gasteiger partial charge >= 0.3 is 36.9 Å². The van der Waals surface area contributed by atoms with E-state index in [0.29, 0.717) is 66.8 Å². The molecule has 474 valence electrons. The van der Waals surface area contributed by atoms with Crippen molar-refractivity contribution in [3.63, 3.8) is 0 Å². The van der Waals surface area contributed by atoms with Gasteiger partial charge in [0.05, 0.1) is 0 Å². The van der Waals surface area contributed by atoms with Crippen molar-refractivity contribution < 1.29 is 85.6 Å². The molecule has 0 aliphatic carbocycles. The summed E-state index contributed by atoms with van der Waals surface area (Å²) in [6.07, 6.45) is -5.54. The van der Waals surface area contributed by atoms with Crippen molar-refractivity contribution in [2.24, 2.45) is 0 Å². The minimum absolute atomic E-state index is 0.162. The van der Waals surface area contributed by atoms with E-state index in [-0.39, 0.29) is 34.5 Å². The molecule has 7 aromatic rings. The third kappa shape index (κ3) is 20.1.